The van der Waals surface area contributed by atoms with Crippen LogP contribution < -0.4 is 33.8 Å². The zero-order chi connectivity index (χ0) is 31.4. The van der Waals surface area contributed by atoms with Crippen molar-refractivity contribution >= 4 is 23.4 Å². The maximum Gasteiger partial charge on any atom is 0.338 e. The molecular formula is C34H34N2O7S. The smallest absolute Gasteiger partial charge is 0.338 e. The van der Waals surface area contributed by atoms with Gasteiger partial charge in [0, 0.05) is 0 Å². The van der Waals surface area contributed by atoms with Crippen molar-refractivity contribution in [2.75, 3.05) is 21.3 Å². The Kier molecular flexibility index (Phi) is 9.20. The minimum Gasteiger partial charge on any atom is -0.493 e. The van der Waals surface area contributed by atoms with E-state index in [9.17, 15) is 9.59 Å². The number of ether oxygens (including phenoxy) is 5. The molecule has 5 rings (SSSR count). The van der Waals surface area contributed by atoms with Crippen molar-refractivity contribution in [3.8, 4) is 23.0 Å². The Hall–Kier alpha value is -4.83. The molecule has 0 spiro atoms. The van der Waals surface area contributed by atoms with Crippen LogP contribution in [0.4, 0.5) is 0 Å². The lowest BCUT2D eigenvalue weighted by Crippen LogP contribution is -2.40. The van der Waals surface area contributed by atoms with E-state index >= 15 is 0 Å². The second-order valence-corrected chi connectivity index (χ2v) is 11.3. The molecule has 9 nitrogen and oxygen atoms in total. The van der Waals surface area contributed by atoms with Crippen molar-refractivity contribution in [2.24, 2.45) is 4.99 Å². The van der Waals surface area contributed by atoms with Gasteiger partial charge in [0.25, 0.3) is 5.56 Å². The van der Waals surface area contributed by atoms with Crippen molar-refractivity contribution in [3.63, 3.8) is 0 Å². The summed E-state index contributed by atoms with van der Waals surface area (Å²) < 4.78 is 30.2. The number of methoxy groups -OCH3 is 3. The second kappa shape index (κ2) is 13.2. The van der Waals surface area contributed by atoms with Crippen LogP contribution in [0.3, 0.4) is 0 Å². The van der Waals surface area contributed by atoms with Crippen molar-refractivity contribution in [2.45, 2.75) is 39.5 Å². The van der Waals surface area contributed by atoms with Crippen LogP contribution in [-0.2, 0) is 16.1 Å². The van der Waals surface area contributed by atoms with E-state index in [0.29, 0.717) is 50.2 Å². The van der Waals surface area contributed by atoms with Crippen molar-refractivity contribution < 1.29 is 28.5 Å². The molecular weight excluding hydrogens is 580 g/mol. The van der Waals surface area contributed by atoms with Gasteiger partial charge in [-0.2, -0.15) is 0 Å². The Labute approximate surface area is 259 Å². The third kappa shape index (κ3) is 6.26. The Morgan fingerprint density at radius 1 is 0.932 bits per heavy atom. The van der Waals surface area contributed by atoms with Gasteiger partial charge in [-0.25, -0.2) is 9.79 Å². The van der Waals surface area contributed by atoms with Crippen molar-refractivity contribution in [3.05, 3.63) is 114 Å². The molecule has 0 aliphatic carbocycles. The number of nitrogens with zero attached hydrogens (tertiary/aromatic N) is 2. The molecule has 10 heteroatoms. The molecule has 44 heavy (non-hydrogen) atoms. The average Bonchev–Trinajstić information content (AvgIpc) is 3.32. The van der Waals surface area contributed by atoms with E-state index in [1.165, 1.54) is 11.3 Å². The summed E-state index contributed by atoms with van der Waals surface area (Å²) in [6, 6.07) is 19.8. The second-order valence-electron chi connectivity index (χ2n) is 10.3. The van der Waals surface area contributed by atoms with Crippen LogP contribution in [0.5, 0.6) is 23.0 Å². The zero-order valence-corrected chi connectivity index (χ0v) is 26.3. The normalized spacial score (nSPS) is 14.6. The Balaban J connectivity index is 1.62. The molecule has 228 valence electrons. The summed E-state index contributed by atoms with van der Waals surface area (Å²) in [5.41, 5.74) is 2.88. The quantitative estimate of drug-likeness (QED) is 0.237. The van der Waals surface area contributed by atoms with Gasteiger partial charge in [-0.05, 0) is 67.8 Å². The van der Waals surface area contributed by atoms with E-state index in [-0.39, 0.29) is 17.2 Å². The number of esters is 1. The van der Waals surface area contributed by atoms with Gasteiger partial charge in [0.15, 0.2) is 27.8 Å². The topological polar surface area (TPSA) is 97.6 Å². The molecule has 1 aromatic heterocycles. The van der Waals surface area contributed by atoms with Crippen LogP contribution in [0.15, 0.2) is 87.8 Å². The van der Waals surface area contributed by atoms with E-state index in [2.05, 4.69) is 4.99 Å². The standard InChI is InChI=1S/C34H34N2O7S/c1-20(2)43-33(38)30-21(3)35-34-36(32(37)29(44-34)17-23-12-14-25(39-4)27(16-23)40-5)31(30)24-13-15-26(28(18-24)41-6)42-19-22-10-8-7-9-11-22/h7-18,20,31H,19H2,1-6H3/b29-17-. The number of carbonyl (C=O) groups excluding carboxylic acids is 1. The summed E-state index contributed by atoms with van der Waals surface area (Å²) in [5, 5.41) is 0. The lowest BCUT2D eigenvalue weighted by molar-refractivity contribution is -0.143. The van der Waals surface area contributed by atoms with Crippen LogP contribution in [0.25, 0.3) is 6.08 Å². The highest BCUT2D eigenvalue weighted by atomic mass is 32.1. The van der Waals surface area contributed by atoms with Crippen LogP contribution in [0, 0.1) is 0 Å². The monoisotopic (exact) mass is 614 g/mol. The van der Waals surface area contributed by atoms with Gasteiger partial charge in [0.05, 0.1) is 49.3 Å². The highest BCUT2D eigenvalue weighted by Gasteiger charge is 2.34. The van der Waals surface area contributed by atoms with Crippen molar-refractivity contribution in [1.29, 1.82) is 0 Å². The summed E-state index contributed by atoms with van der Waals surface area (Å²) in [6.45, 7) is 5.67. The predicted octanol–water partition coefficient (Wildman–Crippen LogP) is 4.79. The van der Waals surface area contributed by atoms with Gasteiger partial charge in [-0.15, -0.1) is 0 Å². The fraction of sp³-hybridized carbons (Fsp3) is 0.265. The molecule has 3 aromatic carbocycles. The summed E-state index contributed by atoms with van der Waals surface area (Å²) in [4.78, 5) is 32.7. The largest absolute Gasteiger partial charge is 0.493 e. The summed E-state index contributed by atoms with van der Waals surface area (Å²) >= 11 is 1.24. The number of rotatable bonds is 10. The van der Waals surface area contributed by atoms with E-state index in [4.69, 9.17) is 23.7 Å². The summed E-state index contributed by atoms with van der Waals surface area (Å²) in [5.74, 6) is 1.59. The molecule has 1 aliphatic rings. The number of aromatic nitrogens is 1. The Morgan fingerprint density at radius 3 is 2.30 bits per heavy atom. The fourth-order valence-corrected chi connectivity index (χ4v) is 6.03. The molecule has 0 radical (unpaired) electrons. The average molecular weight is 615 g/mol. The lowest BCUT2D eigenvalue weighted by Gasteiger charge is -2.26. The maximum absolute atomic E-state index is 14.1. The van der Waals surface area contributed by atoms with E-state index in [1.807, 2.05) is 42.5 Å². The number of thiazole rings is 1. The maximum atomic E-state index is 14.1. The van der Waals surface area contributed by atoms with E-state index in [1.54, 1.807) is 77.0 Å². The van der Waals surface area contributed by atoms with Gasteiger partial charge in [-0.3, -0.25) is 9.36 Å². The summed E-state index contributed by atoms with van der Waals surface area (Å²) in [6.07, 6.45) is 1.41. The Bertz CT molecular complexity index is 1890. The van der Waals surface area contributed by atoms with E-state index < -0.39 is 12.0 Å². The minimum atomic E-state index is -0.804. The van der Waals surface area contributed by atoms with Crippen LogP contribution in [-0.4, -0.2) is 38.0 Å². The molecule has 0 saturated heterocycles. The first-order chi connectivity index (χ1) is 21.2. The lowest BCUT2D eigenvalue weighted by atomic mass is 9.95. The first kappa shape index (κ1) is 30.6. The molecule has 1 unspecified atom stereocenters. The van der Waals surface area contributed by atoms with Crippen molar-refractivity contribution in [1.82, 2.24) is 4.57 Å². The predicted molar refractivity (Wildman–Crippen MR) is 168 cm³/mol. The van der Waals surface area contributed by atoms with Gasteiger partial charge < -0.3 is 23.7 Å². The van der Waals surface area contributed by atoms with Gasteiger partial charge in [0.2, 0.25) is 0 Å². The van der Waals surface area contributed by atoms with Gasteiger partial charge in [0.1, 0.15) is 6.61 Å². The van der Waals surface area contributed by atoms with Gasteiger partial charge >= 0.3 is 5.97 Å². The number of fused-ring (bicyclic) bond motifs is 1. The number of allylic oxidation sites excluding steroid dienone is 1. The zero-order valence-electron chi connectivity index (χ0n) is 25.5. The molecule has 1 atom stereocenters. The number of hydrogen-bond donors (Lipinski definition) is 0. The fourth-order valence-electron chi connectivity index (χ4n) is 4.98. The van der Waals surface area contributed by atoms with Crippen LogP contribution in [0.1, 0.15) is 43.5 Å². The minimum absolute atomic E-state index is 0.281. The highest BCUT2D eigenvalue weighted by molar-refractivity contribution is 7.07. The number of hydrogen-bond acceptors (Lipinski definition) is 9. The van der Waals surface area contributed by atoms with Crippen LogP contribution >= 0.6 is 11.3 Å². The molecule has 0 saturated carbocycles. The van der Waals surface area contributed by atoms with Crippen LogP contribution in [0.2, 0.25) is 0 Å². The van der Waals surface area contributed by atoms with Gasteiger partial charge in [-0.1, -0.05) is 53.8 Å². The molecule has 4 aromatic rings. The molecule has 1 aliphatic heterocycles. The molecule has 0 bridgehead atoms. The molecule has 0 fully saturated rings. The first-order valence-corrected chi connectivity index (χ1v) is 14.9. The third-order valence-corrected chi connectivity index (χ3v) is 8.01. The SMILES string of the molecule is COc1ccc(/C=c2\sc3n(c2=O)C(c2ccc(OCc4ccccc4)c(OC)c2)C(C(=O)OC(C)C)=C(C)N=3)cc1OC. The third-order valence-electron chi connectivity index (χ3n) is 7.03. The number of benzene rings is 3. The summed E-state index contributed by atoms with van der Waals surface area (Å²) in [7, 11) is 4.68. The molecule has 2 heterocycles. The first-order valence-electron chi connectivity index (χ1n) is 14.0. The Morgan fingerprint density at radius 2 is 1.61 bits per heavy atom. The molecule has 0 N–H and O–H groups in total. The molecule has 0 amide bonds. The number of carbonyl (C=O) groups is 1. The van der Waals surface area contributed by atoms with E-state index in [0.717, 1.165) is 11.1 Å². The highest BCUT2D eigenvalue weighted by Crippen LogP contribution is 2.36.